The number of carbonyl (C=O) groups excluding carboxylic acids is 1. The van der Waals surface area contributed by atoms with E-state index in [0.717, 1.165) is 39.1 Å². The Hall–Kier alpha value is -5.13. The van der Waals surface area contributed by atoms with Crippen LogP contribution in [0.2, 0.25) is 0 Å². The van der Waals surface area contributed by atoms with Gasteiger partial charge in [0.05, 0.1) is 24.5 Å². The van der Waals surface area contributed by atoms with Crippen LogP contribution >= 0.6 is 11.8 Å². The van der Waals surface area contributed by atoms with Gasteiger partial charge < -0.3 is 19.9 Å². The van der Waals surface area contributed by atoms with E-state index < -0.39 is 6.29 Å². The van der Waals surface area contributed by atoms with E-state index in [1.165, 1.54) is 0 Å². The summed E-state index contributed by atoms with van der Waals surface area (Å²) in [4.78, 5) is 12.6. The predicted molar refractivity (Wildman–Crippen MR) is 192 cm³/mol. The number of benzene rings is 5. The van der Waals surface area contributed by atoms with Crippen molar-refractivity contribution >= 4 is 17.7 Å². The van der Waals surface area contributed by atoms with Crippen LogP contribution in [0.5, 0.6) is 0 Å². The highest BCUT2D eigenvalue weighted by molar-refractivity contribution is 7.99. The van der Waals surface area contributed by atoms with Gasteiger partial charge in [0.25, 0.3) is 5.91 Å². The minimum Gasteiger partial charge on any atom is -0.392 e. The Kier molecular flexibility index (Phi) is 10.4. The van der Waals surface area contributed by atoms with Gasteiger partial charge in [-0.1, -0.05) is 116 Å². The Morgan fingerprint density at radius 3 is 2.28 bits per heavy atom. The first kappa shape index (κ1) is 33.4. The SMILES string of the molecule is C[C@H]1[C@@H](CSc2nnnn2-c2ccccc2)O[C@@H](c2cccc(-c3cccc(CNC(=O)c4ccccc4)c3)c2)O[C@H]1c1ccc(CO)cc1. The van der Waals surface area contributed by atoms with Crippen molar-refractivity contribution in [3.05, 3.63) is 161 Å². The molecule has 0 aliphatic carbocycles. The number of hydrogen-bond acceptors (Lipinski definition) is 8. The number of aromatic nitrogens is 4. The highest BCUT2D eigenvalue weighted by atomic mass is 32.2. The quantitative estimate of drug-likeness (QED) is 0.137. The van der Waals surface area contributed by atoms with Gasteiger partial charge in [-0.2, -0.15) is 4.68 Å². The third-order valence-corrected chi connectivity index (χ3v) is 9.86. The van der Waals surface area contributed by atoms with Gasteiger partial charge in [0.1, 0.15) is 0 Å². The van der Waals surface area contributed by atoms with Crippen molar-refractivity contribution in [2.24, 2.45) is 5.92 Å². The van der Waals surface area contributed by atoms with Gasteiger partial charge in [-0.3, -0.25) is 4.79 Å². The molecule has 0 radical (unpaired) electrons. The lowest BCUT2D eigenvalue weighted by Gasteiger charge is -2.41. The van der Waals surface area contributed by atoms with Crippen LogP contribution in [0.15, 0.2) is 139 Å². The van der Waals surface area contributed by atoms with Crippen molar-refractivity contribution in [1.29, 1.82) is 0 Å². The second-order valence-corrected chi connectivity index (χ2v) is 13.2. The molecule has 0 bridgehead atoms. The van der Waals surface area contributed by atoms with Crippen LogP contribution in [0, 0.1) is 5.92 Å². The third kappa shape index (κ3) is 7.69. The lowest BCUT2D eigenvalue weighted by atomic mass is 9.91. The van der Waals surface area contributed by atoms with E-state index in [-0.39, 0.29) is 30.6 Å². The van der Waals surface area contributed by atoms with E-state index in [0.29, 0.717) is 23.0 Å². The van der Waals surface area contributed by atoms with Crippen LogP contribution in [0.1, 0.15) is 51.9 Å². The number of rotatable bonds is 11. The molecule has 6 aromatic rings. The topological polar surface area (TPSA) is 111 Å². The molecule has 252 valence electrons. The fourth-order valence-corrected chi connectivity index (χ4v) is 7.12. The van der Waals surface area contributed by atoms with Gasteiger partial charge in [0, 0.05) is 29.3 Å². The van der Waals surface area contributed by atoms with E-state index in [9.17, 15) is 9.90 Å². The van der Waals surface area contributed by atoms with E-state index in [1.807, 2.05) is 97.1 Å². The summed E-state index contributed by atoms with van der Waals surface area (Å²) in [5.74, 6) is 0.505. The molecule has 0 saturated carbocycles. The predicted octanol–water partition coefficient (Wildman–Crippen LogP) is 7.34. The Labute approximate surface area is 295 Å². The minimum atomic E-state index is -0.627. The molecule has 0 spiro atoms. The van der Waals surface area contributed by atoms with E-state index in [1.54, 1.807) is 28.6 Å². The van der Waals surface area contributed by atoms with Gasteiger partial charge in [0.2, 0.25) is 5.16 Å². The van der Waals surface area contributed by atoms with Gasteiger partial charge in [-0.25, -0.2) is 0 Å². The number of para-hydroxylation sites is 1. The van der Waals surface area contributed by atoms with Crippen LogP contribution in [0.4, 0.5) is 0 Å². The van der Waals surface area contributed by atoms with E-state index >= 15 is 0 Å². The van der Waals surface area contributed by atoms with Crippen LogP contribution in [-0.2, 0) is 22.6 Å². The highest BCUT2D eigenvalue weighted by Gasteiger charge is 2.38. The summed E-state index contributed by atoms with van der Waals surface area (Å²) in [6, 6.07) is 43.3. The number of aliphatic hydroxyl groups excluding tert-OH is 1. The molecule has 2 N–H and O–H groups in total. The standard InChI is InChI=1S/C40H37N5O4S/c1-27-36(26-50-40-42-43-44-45(40)35-16-6-3-7-17-35)48-39(49-37(27)30-20-18-28(25-46)19-21-30)34-15-9-14-33(23-34)32-13-8-10-29(22-32)24-41-38(47)31-11-4-2-5-12-31/h2-23,27,36-37,39,46H,24-26H2,1H3,(H,41,47)/t27-,36+,37+,39+/m0/s1. The summed E-state index contributed by atoms with van der Waals surface area (Å²) < 4.78 is 15.2. The molecule has 4 atom stereocenters. The summed E-state index contributed by atoms with van der Waals surface area (Å²) in [5.41, 5.74) is 7.33. The number of thioether (sulfide) groups is 1. The van der Waals surface area contributed by atoms with Crippen molar-refractivity contribution in [2.45, 2.75) is 43.7 Å². The molecule has 1 aromatic heterocycles. The van der Waals surface area contributed by atoms with Crippen molar-refractivity contribution in [3.8, 4) is 16.8 Å². The average Bonchev–Trinajstić information content (AvgIpc) is 3.66. The molecule has 7 rings (SSSR count). The maximum atomic E-state index is 12.6. The number of carbonyl (C=O) groups is 1. The average molecular weight is 684 g/mol. The molecule has 10 heteroatoms. The molecule has 50 heavy (non-hydrogen) atoms. The first-order valence-corrected chi connectivity index (χ1v) is 17.5. The van der Waals surface area contributed by atoms with Gasteiger partial charge in [-0.15, -0.1) is 5.10 Å². The zero-order valence-corrected chi connectivity index (χ0v) is 28.3. The van der Waals surface area contributed by atoms with Gasteiger partial charge in [0.15, 0.2) is 6.29 Å². The first-order chi connectivity index (χ1) is 24.6. The Bertz CT molecular complexity index is 2020. The number of nitrogens with one attached hydrogen (secondary N) is 1. The third-order valence-electron chi connectivity index (χ3n) is 8.85. The molecular formula is C40H37N5O4S. The minimum absolute atomic E-state index is 0.00532. The molecule has 0 unspecified atom stereocenters. The van der Waals surface area contributed by atoms with Crippen LogP contribution in [0.3, 0.4) is 0 Å². The summed E-state index contributed by atoms with van der Waals surface area (Å²) in [6.45, 7) is 2.54. The fraction of sp³-hybridized carbons (Fsp3) is 0.200. The lowest BCUT2D eigenvalue weighted by molar-refractivity contribution is -0.268. The summed E-state index contributed by atoms with van der Waals surface area (Å²) in [6.07, 6.45) is -1.07. The summed E-state index contributed by atoms with van der Waals surface area (Å²) >= 11 is 1.55. The Morgan fingerprint density at radius 1 is 0.800 bits per heavy atom. The van der Waals surface area contributed by atoms with Crippen LogP contribution < -0.4 is 5.32 Å². The van der Waals surface area contributed by atoms with Crippen LogP contribution in [-0.4, -0.2) is 43.1 Å². The summed E-state index contributed by atoms with van der Waals surface area (Å²) in [7, 11) is 0. The normalized spacial score (nSPS) is 18.8. The summed E-state index contributed by atoms with van der Waals surface area (Å²) in [5, 5.41) is 25.8. The number of ether oxygens (including phenoxy) is 2. The molecule has 1 fully saturated rings. The zero-order valence-electron chi connectivity index (χ0n) is 27.5. The van der Waals surface area contributed by atoms with E-state index in [2.05, 4.69) is 52.0 Å². The molecular weight excluding hydrogens is 647 g/mol. The highest BCUT2D eigenvalue weighted by Crippen LogP contribution is 2.43. The molecule has 1 saturated heterocycles. The van der Waals surface area contributed by atoms with Crippen molar-refractivity contribution in [1.82, 2.24) is 25.5 Å². The molecule has 9 nitrogen and oxygen atoms in total. The number of nitrogens with zero attached hydrogens (tertiary/aromatic N) is 4. The monoisotopic (exact) mass is 683 g/mol. The Balaban J connectivity index is 1.12. The van der Waals surface area contributed by atoms with Crippen LogP contribution in [0.25, 0.3) is 16.8 Å². The van der Waals surface area contributed by atoms with Crippen molar-refractivity contribution in [3.63, 3.8) is 0 Å². The molecule has 1 aliphatic heterocycles. The second-order valence-electron chi connectivity index (χ2n) is 12.2. The van der Waals surface area contributed by atoms with Gasteiger partial charge in [-0.05, 0) is 74.6 Å². The molecule has 5 aromatic carbocycles. The maximum Gasteiger partial charge on any atom is 0.251 e. The van der Waals surface area contributed by atoms with Crippen molar-refractivity contribution < 1.29 is 19.4 Å². The number of aliphatic hydroxyl groups is 1. The molecule has 2 heterocycles. The Morgan fingerprint density at radius 2 is 1.52 bits per heavy atom. The molecule has 1 amide bonds. The molecule has 1 aliphatic rings. The number of amides is 1. The van der Waals surface area contributed by atoms with Crippen molar-refractivity contribution in [2.75, 3.05) is 5.75 Å². The number of hydrogen-bond donors (Lipinski definition) is 2. The smallest absolute Gasteiger partial charge is 0.251 e. The first-order valence-electron chi connectivity index (χ1n) is 16.6. The second kappa shape index (κ2) is 15.6. The fourth-order valence-electron chi connectivity index (χ4n) is 6.07. The maximum absolute atomic E-state index is 12.6. The van der Waals surface area contributed by atoms with E-state index in [4.69, 9.17) is 9.47 Å². The zero-order chi connectivity index (χ0) is 34.3. The lowest BCUT2D eigenvalue weighted by Crippen LogP contribution is -2.38. The largest absolute Gasteiger partial charge is 0.392 e. The van der Waals surface area contributed by atoms with Gasteiger partial charge >= 0.3 is 0 Å². The number of tetrazole rings is 1.